The van der Waals surface area contributed by atoms with Crippen molar-refractivity contribution in [2.24, 2.45) is 5.41 Å². The van der Waals surface area contributed by atoms with Crippen LogP contribution in [0.25, 0.3) is 0 Å². The van der Waals surface area contributed by atoms with E-state index in [-0.39, 0.29) is 22.8 Å². The van der Waals surface area contributed by atoms with Crippen molar-refractivity contribution in [3.8, 4) is 0 Å². The zero-order valence-corrected chi connectivity index (χ0v) is 20.1. The number of halogens is 1. The van der Waals surface area contributed by atoms with Gasteiger partial charge in [-0.2, -0.15) is 0 Å². The predicted molar refractivity (Wildman–Crippen MR) is 123 cm³/mol. The predicted octanol–water partition coefficient (Wildman–Crippen LogP) is 5.17. The molecule has 0 aliphatic heterocycles. The molecule has 0 aliphatic rings. The number of hydrogen-bond acceptors (Lipinski definition) is 3. The molecule has 2 aromatic rings. The summed E-state index contributed by atoms with van der Waals surface area (Å²) in [6.45, 7) is 11.6. The van der Waals surface area contributed by atoms with Gasteiger partial charge < -0.3 is 5.32 Å². The summed E-state index contributed by atoms with van der Waals surface area (Å²) in [5.74, 6) is -0.372. The Morgan fingerprint density at radius 2 is 1.60 bits per heavy atom. The highest BCUT2D eigenvalue weighted by Gasteiger charge is 2.32. The summed E-state index contributed by atoms with van der Waals surface area (Å²) < 4.78 is 28.0. The first kappa shape index (κ1) is 24.2. The molecule has 0 saturated heterocycles. The molecule has 164 valence electrons. The molecule has 1 amide bonds. The summed E-state index contributed by atoms with van der Waals surface area (Å²) in [6.07, 6.45) is 0.743. The topological polar surface area (TPSA) is 66.5 Å². The molecule has 0 spiro atoms. The lowest BCUT2D eigenvalue weighted by Crippen LogP contribution is -2.50. The maximum atomic E-state index is 13.4. The van der Waals surface area contributed by atoms with Gasteiger partial charge in [0.05, 0.1) is 10.6 Å². The van der Waals surface area contributed by atoms with Crippen molar-refractivity contribution < 1.29 is 13.2 Å². The number of nitrogens with one attached hydrogen (secondary N) is 1. The van der Waals surface area contributed by atoms with Crippen LogP contribution in [0.2, 0.25) is 5.02 Å². The van der Waals surface area contributed by atoms with Gasteiger partial charge in [0.1, 0.15) is 6.54 Å². The van der Waals surface area contributed by atoms with Crippen molar-refractivity contribution in [1.82, 2.24) is 5.32 Å². The lowest BCUT2D eigenvalue weighted by Gasteiger charge is -2.34. The first-order valence-corrected chi connectivity index (χ1v) is 11.7. The molecule has 0 heterocycles. The minimum absolute atomic E-state index is 0.0100. The van der Waals surface area contributed by atoms with Crippen molar-refractivity contribution >= 4 is 33.2 Å². The third kappa shape index (κ3) is 6.22. The number of nitrogens with zero attached hydrogens (tertiary/aromatic N) is 1. The second-order valence-electron chi connectivity index (χ2n) is 9.38. The van der Waals surface area contributed by atoms with Crippen LogP contribution in [0, 0.1) is 12.3 Å². The van der Waals surface area contributed by atoms with Gasteiger partial charge >= 0.3 is 0 Å². The maximum absolute atomic E-state index is 13.4. The van der Waals surface area contributed by atoms with Crippen molar-refractivity contribution in [2.75, 3.05) is 10.8 Å². The molecule has 5 nitrogen and oxygen atoms in total. The van der Waals surface area contributed by atoms with E-state index in [2.05, 4.69) is 26.1 Å². The average molecular weight is 451 g/mol. The largest absolute Gasteiger partial charge is 0.350 e. The summed E-state index contributed by atoms with van der Waals surface area (Å²) in [4.78, 5) is 13.1. The lowest BCUT2D eigenvalue weighted by atomic mass is 9.82. The van der Waals surface area contributed by atoms with Crippen molar-refractivity contribution in [3.63, 3.8) is 0 Å². The first-order chi connectivity index (χ1) is 13.7. The number of sulfonamides is 1. The van der Waals surface area contributed by atoms with Gasteiger partial charge in [0.25, 0.3) is 10.0 Å². The van der Waals surface area contributed by atoms with E-state index in [9.17, 15) is 13.2 Å². The highest BCUT2D eigenvalue weighted by molar-refractivity contribution is 7.92. The van der Waals surface area contributed by atoms with Crippen LogP contribution in [-0.2, 0) is 14.8 Å². The zero-order valence-electron chi connectivity index (χ0n) is 18.5. The molecule has 0 atom stereocenters. The summed E-state index contributed by atoms with van der Waals surface area (Å²) in [5, 5.41) is 3.43. The molecular weight excluding hydrogens is 420 g/mol. The molecule has 1 N–H and O–H groups in total. The van der Waals surface area contributed by atoms with Crippen molar-refractivity contribution in [1.29, 1.82) is 0 Å². The Balaban J connectivity index is 2.43. The van der Waals surface area contributed by atoms with Gasteiger partial charge in [0, 0.05) is 10.6 Å². The van der Waals surface area contributed by atoms with Crippen molar-refractivity contribution in [2.45, 2.75) is 58.4 Å². The molecule has 0 aliphatic carbocycles. The van der Waals surface area contributed by atoms with E-state index in [0.29, 0.717) is 16.3 Å². The number of anilines is 1. The number of benzene rings is 2. The third-order valence-corrected chi connectivity index (χ3v) is 6.76. The van der Waals surface area contributed by atoms with Crippen LogP contribution in [0.15, 0.2) is 53.4 Å². The number of amides is 1. The maximum Gasteiger partial charge on any atom is 0.264 e. The van der Waals surface area contributed by atoms with Gasteiger partial charge in [-0.3, -0.25) is 9.10 Å². The molecular formula is C23H31ClN2O3S. The van der Waals surface area contributed by atoms with Crippen LogP contribution >= 0.6 is 11.6 Å². The highest BCUT2D eigenvalue weighted by Crippen LogP contribution is 2.31. The van der Waals surface area contributed by atoms with Gasteiger partial charge in [-0.1, -0.05) is 56.6 Å². The van der Waals surface area contributed by atoms with Gasteiger partial charge in [-0.25, -0.2) is 8.42 Å². The number of carbonyl (C=O) groups is 1. The Morgan fingerprint density at radius 1 is 1.00 bits per heavy atom. The van der Waals surface area contributed by atoms with E-state index in [4.69, 9.17) is 11.6 Å². The van der Waals surface area contributed by atoms with Crippen LogP contribution in [0.3, 0.4) is 0 Å². The van der Waals surface area contributed by atoms with E-state index in [0.717, 1.165) is 10.7 Å². The fourth-order valence-corrected chi connectivity index (χ4v) is 5.47. The van der Waals surface area contributed by atoms with E-state index in [1.807, 2.05) is 13.8 Å². The van der Waals surface area contributed by atoms with E-state index in [1.165, 1.54) is 12.1 Å². The monoisotopic (exact) mass is 450 g/mol. The first-order valence-electron chi connectivity index (χ1n) is 9.87. The Morgan fingerprint density at radius 3 is 2.17 bits per heavy atom. The minimum Gasteiger partial charge on any atom is -0.350 e. The Labute approximate surface area is 185 Å². The van der Waals surface area contributed by atoms with Crippen molar-refractivity contribution in [3.05, 3.63) is 59.1 Å². The standard InChI is InChI=1S/C23H31ClN2O3S/c1-17-19(24)13-10-14-20(17)26(30(28,29)18-11-8-7-9-12-18)15-21(27)25-23(5,6)16-22(2,3)4/h7-14H,15-16H2,1-6H3,(H,25,27). The SMILES string of the molecule is Cc1c(Cl)cccc1N(CC(=O)NC(C)(C)CC(C)(C)C)S(=O)(=O)c1ccccc1. The fourth-order valence-electron chi connectivity index (χ4n) is 3.80. The number of carbonyl (C=O) groups excluding carboxylic acids is 1. The molecule has 0 fully saturated rings. The normalized spacial score (nSPS) is 12.5. The van der Waals surface area contributed by atoms with Crippen LogP contribution in [0.1, 0.15) is 46.6 Å². The van der Waals surface area contributed by atoms with Crippen LogP contribution < -0.4 is 9.62 Å². The van der Waals surface area contributed by atoms with Crippen LogP contribution in [0.4, 0.5) is 5.69 Å². The quantitative estimate of drug-likeness (QED) is 0.632. The van der Waals surface area contributed by atoms with E-state index in [1.54, 1.807) is 43.3 Å². The summed E-state index contributed by atoms with van der Waals surface area (Å²) in [6, 6.07) is 13.1. The molecule has 0 radical (unpaired) electrons. The summed E-state index contributed by atoms with van der Waals surface area (Å²) in [5.41, 5.74) is 0.507. The van der Waals surface area contributed by atoms with Gasteiger partial charge in [0.2, 0.25) is 5.91 Å². The summed E-state index contributed by atoms with van der Waals surface area (Å²) in [7, 11) is -3.97. The second-order valence-corrected chi connectivity index (χ2v) is 11.6. The molecule has 30 heavy (non-hydrogen) atoms. The molecule has 0 bridgehead atoms. The van der Waals surface area contributed by atoms with Gasteiger partial charge in [-0.05, 0) is 62.4 Å². The number of hydrogen-bond donors (Lipinski definition) is 1. The minimum atomic E-state index is -3.97. The lowest BCUT2D eigenvalue weighted by molar-refractivity contribution is -0.121. The van der Waals surface area contributed by atoms with Crippen LogP contribution in [-0.4, -0.2) is 26.4 Å². The Hall–Kier alpha value is -2.05. The van der Waals surface area contributed by atoms with E-state index < -0.39 is 15.6 Å². The molecule has 0 saturated carbocycles. The van der Waals surface area contributed by atoms with E-state index >= 15 is 0 Å². The zero-order chi connectivity index (χ0) is 22.7. The molecule has 0 unspecified atom stereocenters. The molecule has 7 heteroatoms. The second kappa shape index (κ2) is 8.98. The third-order valence-electron chi connectivity index (χ3n) is 4.58. The Kier molecular flexibility index (Phi) is 7.25. The highest BCUT2D eigenvalue weighted by atomic mass is 35.5. The molecule has 2 rings (SSSR count). The van der Waals surface area contributed by atoms with Gasteiger partial charge in [-0.15, -0.1) is 0 Å². The van der Waals surface area contributed by atoms with Crippen LogP contribution in [0.5, 0.6) is 0 Å². The smallest absolute Gasteiger partial charge is 0.264 e. The fraction of sp³-hybridized carbons (Fsp3) is 0.435. The molecule has 0 aromatic heterocycles. The molecule has 2 aromatic carbocycles. The number of rotatable bonds is 7. The van der Waals surface area contributed by atoms with Gasteiger partial charge in [0.15, 0.2) is 0 Å². The average Bonchev–Trinajstić information content (AvgIpc) is 2.60. The Bertz CT molecular complexity index is 997. The summed E-state index contributed by atoms with van der Waals surface area (Å²) >= 11 is 6.25.